The average Bonchev–Trinajstić information content (AvgIpc) is 3.36. The minimum absolute atomic E-state index is 0.136. The fourth-order valence-corrected chi connectivity index (χ4v) is 3.84. The van der Waals surface area contributed by atoms with Crippen molar-refractivity contribution >= 4 is 34.5 Å². The summed E-state index contributed by atoms with van der Waals surface area (Å²) in [6.45, 7) is 5.81. The third-order valence-corrected chi connectivity index (χ3v) is 5.58. The Morgan fingerprint density at radius 3 is 2.60 bits per heavy atom. The van der Waals surface area contributed by atoms with E-state index in [4.69, 9.17) is 0 Å². The summed E-state index contributed by atoms with van der Waals surface area (Å²) in [5, 5.41) is 12.5. The Hall–Kier alpha value is -3.27. The first kappa shape index (κ1) is 20.0. The van der Waals surface area contributed by atoms with Gasteiger partial charge in [0, 0.05) is 12.1 Å². The number of hydrogen-bond donors (Lipinski definition) is 1. The molecule has 1 N–H and O–H groups in total. The first-order valence-electron chi connectivity index (χ1n) is 9.39. The molecular formula is C20H20FN7OS. The first-order valence-corrected chi connectivity index (χ1v) is 10.3. The quantitative estimate of drug-likeness (QED) is 0.373. The molecule has 1 aromatic carbocycles. The molecular weight excluding hydrogens is 405 g/mol. The largest absolute Gasteiger partial charge is 0.310 e. The van der Waals surface area contributed by atoms with Crippen molar-refractivity contribution in [2.24, 2.45) is 0 Å². The van der Waals surface area contributed by atoms with Crippen LogP contribution in [0.2, 0.25) is 0 Å². The number of anilines is 1. The van der Waals surface area contributed by atoms with Gasteiger partial charge in [0.1, 0.15) is 23.0 Å². The van der Waals surface area contributed by atoms with E-state index in [0.717, 1.165) is 5.39 Å². The number of carbonyl (C=O) groups is 1. The summed E-state index contributed by atoms with van der Waals surface area (Å²) in [6, 6.07) is 7.90. The van der Waals surface area contributed by atoms with E-state index in [2.05, 4.69) is 25.5 Å². The minimum atomic E-state index is -0.409. The molecule has 1 unspecified atom stereocenters. The Morgan fingerprint density at radius 2 is 1.87 bits per heavy atom. The van der Waals surface area contributed by atoms with Gasteiger partial charge in [-0.25, -0.2) is 23.7 Å². The Balaban J connectivity index is 1.55. The summed E-state index contributed by atoms with van der Waals surface area (Å²) >= 11 is 1.32. The van der Waals surface area contributed by atoms with Gasteiger partial charge in [0.05, 0.1) is 28.7 Å². The molecule has 0 bridgehead atoms. The number of benzene rings is 1. The predicted molar refractivity (Wildman–Crippen MR) is 113 cm³/mol. The monoisotopic (exact) mass is 425 g/mol. The van der Waals surface area contributed by atoms with Crippen LogP contribution in [0.25, 0.3) is 16.7 Å². The van der Waals surface area contributed by atoms with E-state index in [0.29, 0.717) is 22.2 Å². The highest BCUT2D eigenvalue weighted by Crippen LogP contribution is 2.29. The van der Waals surface area contributed by atoms with Crippen molar-refractivity contribution in [3.05, 3.63) is 54.9 Å². The van der Waals surface area contributed by atoms with Crippen LogP contribution >= 0.6 is 11.8 Å². The molecule has 1 atom stereocenters. The molecule has 0 radical (unpaired) electrons. The van der Waals surface area contributed by atoms with E-state index in [1.54, 1.807) is 40.0 Å². The smallest absolute Gasteiger partial charge is 0.238 e. The summed E-state index contributed by atoms with van der Waals surface area (Å²) in [5.74, 6) is 0.180. The highest BCUT2D eigenvalue weighted by atomic mass is 32.2. The molecule has 0 aliphatic heterocycles. The number of nitrogens with one attached hydrogen (secondary N) is 1. The SMILES string of the molecule is CC(Sc1ncnc2c1cnn2-c1ccc(F)cc1)C(=O)Nc1ccnn1C(C)C. The zero-order valence-electron chi connectivity index (χ0n) is 16.7. The molecule has 154 valence electrons. The second-order valence-corrected chi connectivity index (χ2v) is 8.28. The Morgan fingerprint density at radius 1 is 1.10 bits per heavy atom. The molecule has 0 fully saturated rings. The van der Waals surface area contributed by atoms with Gasteiger partial charge < -0.3 is 5.32 Å². The van der Waals surface area contributed by atoms with Gasteiger partial charge in [-0.3, -0.25) is 4.79 Å². The summed E-state index contributed by atoms with van der Waals surface area (Å²) < 4.78 is 16.6. The fraction of sp³-hybridized carbons (Fsp3) is 0.250. The molecule has 0 saturated heterocycles. The third kappa shape index (κ3) is 3.90. The second kappa shape index (κ2) is 8.23. The average molecular weight is 425 g/mol. The molecule has 0 spiro atoms. The maximum absolute atomic E-state index is 13.2. The molecule has 0 aliphatic carbocycles. The van der Waals surface area contributed by atoms with Crippen LogP contribution in [0.5, 0.6) is 0 Å². The Labute approximate surface area is 176 Å². The van der Waals surface area contributed by atoms with E-state index in [1.165, 1.54) is 30.2 Å². The molecule has 3 aromatic heterocycles. The lowest BCUT2D eigenvalue weighted by Crippen LogP contribution is -2.24. The lowest BCUT2D eigenvalue weighted by Gasteiger charge is -2.14. The highest BCUT2D eigenvalue weighted by Gasteiger charge is 2.20. The van der Waals surface area contributed by atoms with Crippen LogP contribution in [0.4, 0.5) is 10.2 Å². The summed E-state index contributed by atoms with van der Waals surface area (Å²) in [7, 11) is 0. The third-order valence-electron chi connectivity index (χ3n) is 4.47. The van der Waals surface area contributed by atoms with Crippen LogP contribution in [0.3, 0.4) is 0 Å². The van der Waals surface area contributed by atoms with Crippen molar-refractivity contribution in [1.82, 2.24) is 29.5 Å². The fourth-order valence-electron chi connectivity index (χ4n) is 2.96. The van der Waals surface area contributed by atoms with Crippen LogP contribution in [0.1, 0.15) is 26.8 Å². The van der Waals surface area contributed by atoms with Crippen molar-refractivity contribution in [2.45, 2.75) is 37.1 Å². The lowest BCUT2D eigenvalue weighted by atomic mass is 10.3. The van der Waals surface area contributed by atoms with E-state index in [1.807, 2.05) is 20.8 Å². The topological polar surface area (TPSA) is 90.5 Å². The second-order valence-electron chi connectivity index (χ2n) is 6.95. The molecule has 30 heavy (non-hydrogen) atoms. The maximum Gasteiger partial charge on any atom is 0.238 e. The van der Waals surface area contributed by atoms with E-state index in [-0.39, 0.29) is 17.8 Å². The normalized spacial score (nSPS) is 12.4. The Kier molecular flexibility index (Phi) is 5.49. The van der Waals surface area contributed by atoms with Crippen LogP contribution < -0.4 is 5.32 Å². The maximum atomic E-state index is 13.2. The van der Waals surface area contributed by atoms with E-state index >= 15 is 0 Å². The predicted octanol–water partition coefficient (Wildman–Crippen LogP) is 3.85. The van der Waals surface area contributed by atoms with Crippen molar-refractivity contribution < 1.29 is 9.18 Å². The highest BCUT2D eigenvalue weighted by molar-refractivity contribution is 8.00. The van der Waals surface area contributed by atoms with Crippen LogP contribution in [-0.4, -0.2) is 40.7 Å². The number of amides is 1. The molecule has 4 aromatic rings. The van der Waals surface area contributed by atoms with Crippen molar-refractivity contribution in [2.75, 3.05) is 5.32 Å². The molecule has 1 amide bonds. The number of rotatable bonds is 6. The number of fused-ring (bicyclic) bond motifs is 1. The van der Waals surface area contributed by atoms with E-state index in [9.17, 15) is 9.18 Å². The van der Waals surface area contributed by atoms with Crippen LogP contribution in [-0.2, 0) is 4.79 Å². The summed E-state index contributed by atoms with van der Waals surface area (Å²) in [6.07, 6.45) is 4.75. The molecule has 8 nitrogen and oxygen atoms in total. The van der Waals surface area contributed by atoms with Crippen molar-refractivity contribution in [3.63, 3.8) is 0 Å². The number of nitrogens with zero attached hydrogens (tertiary/aromatic N) is 6. The zero-order valence-corrected chi connectivity index (χ0v) is 17.5. The minimum Gasteiger partial charge on any atom is -0.310 e. The van der Waals surface area contributed by atoms with Gasteiger partial charge >= 0.3 is 0 Å². The van der Waals surface area contributed by atoms with Gasteiger partial charge in [0.2, 0.25) is 5.91 Å². The molecule has 3 heterocycles. The van der Waals surface area contributed by atoms with E-state index < -0.39 is 5.25 Å². The molecule has 0 saturated carbocycles. The number of hydrogen-bond acceptors (Lipinski definition) is 6. The van der Waals surface area contributed by atoms with Gasteiger partial charge in [-0.2, -0.15) is 10.2 Å². The Bertz CT molecular complexity index is 1190. The van der Waals surface area contributed by atoms with Crippen LogP contribution in [0.15, 0.2) is 54.1 Å². The number of aromatic nitrogens is 6. The first-order chi connectivity index (χ1) is 14.4. The van der Waals surface area contributed by atoms with Crippen molar-refractivity contribution in [1.29, 1.82) is 0 Å². The van der Waals surface area contributed by atoms with Gasteiger partial charge in [-0.15, -0.1) is 0 Å². The number of halogens is 1. The van der Waals surface area contributed by atoms with Gasteiger partial charge in [-0.05, 0) is 45.0 Å². The van der Waals surface area contributed by atoms with Gasteiger partial charge in [-0.1, -0.05) is 11.8 Å². The molecule has 0 aliphatic rings. The standard InChI is InChI=1S/C20H20FN7OS/c1-12(2)27-17(8-9-24-27)26-19(29)13(3)30-20-16-10-25-28(18(16)22-11-23-20)15-6-4-14(21)5-7-15/h4-13H,1-3H3,(H,26,29). The van der Waals surface area contributed by atoms with Gasteiger partial charge in [0.15, 0.2) is 5.65 Å². The zero-order chi connectivity index (χ0) is 21.3. The van der Waals surface area contributed by atoms with Gasteiger partial charge in [0.25, 0.3) is 0 Å². The summed E-state index contributed by atoms with van der Waals surface area (Å²) in [5.41, 5.74) is 1.28. The summed E-state index contributed by atoms with van der Waals surface area (Å²) in [4.78, 5) is 21.4. The van der Waals surface area contributed by atoms with Crippen LogP contribution in [0, 0.1) is 5.82 Å². The molecule has 4 rings (SSSR count). The molecule has 10 heteroatoms. The lowest BCUT2D eigenvalue weighted by molar-refractivity contribution is -0.115. The van der Waals surface area contributed by atoms with Crippen molar-refractivity contribution in [3.8, 4) is 5.69 Å². The number of carbonyl (C=O) groups excluding carboxylic acids is 1. The number of thioether (sulfide) groups is 1.